The van der Waals surface area contributed by atoms with E-state index >= 15 is 0 Å². The number of rotatable bonds is 5. The Kier molecular flexibility index (Phi) is 4.51. The molecule has 88 valence electrons. The molecule has 0 unspecified atom stereocenters. The third kappa shape index (κ3) is 3.95. The van der Waals surface area contributed by atoms with Crippen molar-refractivity contribution < 1.29 is 4.79 Å². The summed E-state index contributed by atoms with van der Waals surface area (Å²) in [5, 5.41) is 4.09. The smallest absolute Gasteiger partial charge is 0.131 e. The van der Waals surface area contributed by atoms with Crippen LogP contribution in [0.1, 0.15) is 32.8 Å². The highest BCUT2D eigenvalue weighted by molar-refractivity contribution is 6.30. The molecule has 0 radical (unpaired) electrons. The Balaban J connectivity index is 2.66. The van der Waals surface area contributed by atoms with Gasteiger partial charge >= 0.3 is 0 Å². The van der Waals surface area contributed by atoms with Crippen molar-refractivity contribution in [3.63, 3.8) is 0 Å². The maximum Gasteiger partial charge on any atom is 0.131 e. The normalized spacial score (nSPS) is 11.5. The summed E-state index contributed by atoms with van der Waals surface area (Å²) in [4.78, 5) is 10.9. The fourth-order valence-electron chi connectivity index (χ4n) is 1.53. The Morgan fingerprint density at radius 2 is 2.12 bits per heavy atom. The fourth-order valence-corrected chi connectivity index (χ4v) is 1.72. The Hall–Kier alpha value is -0.860. The molecule has 0 saturated carbocycles. The van der Waals surface area contributed by atoms with E-state index in [2.05, 4.69) is 19.2 Å². The zero-order valence-electron chi connectivity index (χ0n) is 10.0. The van der Waals surface area contributed by atoms with E-state index in [0.717, 1.165) is 10.6 Å². The van der Waals surface area contributed by atoms with E-state index in [1.54, 1.807) is 6.92 Å². The van der Waals surface area contributed by atoms with Crippen LogP contribution >= 0.6 is 11.6 Å². The molecule has 1 N–H and O–H groups in total. The van der Waals surface area contributed by atoms with Gasteiger partial charge in [0, 0.05) is 23.5 Å². The van der Waals surface area contributed by atoms with E-state index in [1.807, 2.05) is 24.3 Å². The number of hydrogen-bond acceptors (Lipinski definition) is 2. The summed E-state index contributed by atoms with van der Waals surface area (Å²) < 4.78 is 0. The number of ketones is 1. The summed E-state index contributed by atoms with van der Waals surface area (Å²) in [7, 11) is 0. The number of Topliss-reactive ketones (excluding diaryl/α,β-unsaturated/α-hetero) is 1. The van der Waals surface area contributed by atoms with Crippen LogP contribution in [0.15, 0.2) is 24.3 Å². The van der Waals surface area contributed by atoms with Gasteiger partial charge in [-0.1, -0.05) is 23.7 Å². The molecule has 0 bridgehead atoms. The van der Waals surface area contributed by atoms with E-state index in [4.69, 9.17) is 11.6 Å². The lowest BCUT2D eigenvalue weighted by Crippen LogP contribution is -2.37. The second kappa shape index (κ2) is 5.46. The molecule has 0 fully saturated rings. The van der Waals surface area contributed by atoms with Gasteiger partial charge in [0.05, 0.1) is 0 Å². The van der Waals surface area contributed by atoms with Crippen molar-refractivity contribution in [2.24, 2.45) is 0 Å². The quantitative estimate of drug-likeness (QED) is 0.855. The van der Waals surface area contributed by atoms with E-state index < -0.39 is 0 Å². The molecule has 0 aliphatic rings. The van der Waals surface area contributed by atoms with Gasteiger partial charge in [-0.3, -0.25) is 4.79 Å². The topological polar surface area (TPSA) is 29.1 Å². The summed E-state index contributed by atoms with van der Waals surface area (Å²) in [6, 6.07) is 7.78. The first-order valence-electron chi connectivity index (χ1n) is 5.42. The predicted molar refractivity (Wildman–Crippen MR) is 67.8 cm³/mol. The Morgan fingerprint density at radius 1 is 1.44 bits per heavy atom. The summed E-state index contributed by atoms with van der Waals surface area (Å²) in [6.07, 6.45) is 0.560. The van der Waals surface area contributed by atoms with Gasteiger partial charge in [0.25, 0.3) is 0 Å². The number of halogens is 1. The summed E-state index contributed by atoms with van der Waals surface area (Å²) in [5.41, 5.74) is 0.962. The van der Waals surface area contributed by atoms with Crippen LogP contribution in [0.5, 0.6) is 0 Å². The van der Waals surface area contributed by atoms with Gasteiger partial charge in [-0.25, -0.2) is 0 Å². The average Bonchev–Trinajstić information content (AvgIpc) is 2.16. The van der Waals surface area contributed by atoms with E-state index in [0.29, 0.717) is 13.0 Å². The van der Waals surface area contributed by atoms with Crippen LogP contribution in [0.25, 0.3) is 0 Å². The van der Waals surface area contributed by atoms with Crippen LogP contribution < -0.4 is 5.32 Å². The molecular formula is C13H18ClNO. The number of nitrogens with one attached hydrogen (secondary N) is 1. The van der Waals surface area contributed by atoms with Gasteiger partial charge in [0.2, 0.25) is 0 Å². The first-order valence-corrected chi connectivity index (χ1v) is 5.80. The van der Waals surface area contributed by atoms with Crippen molar-refractivity contribution in [3.05, 3.63) is 34.9 Å². The molecule has 0 spiro atoms. The first kappa shape index (κ1) is 13.2. The first-order chi connectivity index (χ1) is 7.42. The third-order valence-electron chi connectivity index (χ3n) is 2.59. The van der Waals surface area contributed by atoms with Crippen LogP contribution in [-0.2, 0) is 10.3 Å². The van der Waals surface area contributed by atoms with Crippen molar-refractivity contribution in [3.8, 4) is 0 Å². The number of carbonyl (C=O) groups is 1. The molecule has 0 aliphatic heterocycles. The van der Waals surface area contributed by atoms with E-state index in [9.17, 15) is 4.79 Å². The van der Waals surface area contributed by atoms with Gasteiger partial charge in [0.1, 0.15) is 5.78 Å². The highest BCUT2D eigenvalue weighted by Crippen LogP contribution is 2.22. The number of carbonyl (C=O) groups excluding carboxylic acids is 1. The van der Waals surface area contributed by atoms with Crippen LogP contribution in [0, 0.1) is 0 Å². The fraction of sp³-hybridized carbons (Fsp3) is 0.462. The summed E-state index contributed by atoms with van der Waals surface area (Å²) in [6.45, 7) is 6.46. The minimum absolute atomic E-state index is 0.166. The Bertz CT molecular complexity index is 374. The molecule has 0 aliphatic carbocycles. The molecule has 1 rings (SSSR count). The predicted octanol–water partition coefficient (Wildman–Crippen LogP) is 3.14. The number of hydrogen-bond donors (Lipinski definition) is 1. The van der Waals surface area contributed by atoms with Gasteiger partial charge in [-0.2, -0.15) is 0 Å². The van der Waals surface area contributed by atoms with Gasteiger partial charge in [0.15, 0.2) is 0 Å². The average molecular weight is 240 g/mol. The minimum atomic E-state index is -0.166. The molecule has 1 aromatic rings. The van der Waals surface area contributed by atoms with Crippen molar-refractivity contribution in [2.45, 2.75) is 32.7 Å². The third-order valence-corrected chi connectivity index (χ3v) is 2.83. The zero-order chi connectivity index (χ0) is 12.2. The molecule has 1 aromatic carbocycles. The van der Waals surface area contributed by atoms with Crippen molar-refractivity contribution >= 4 is 17.4 Å². The van der Waals surface area contributed by atoms with Gasteiger partial charge < -0.3 is 5.32 Å². The summed E-state index contributed by atoms with van der Waals surface area (Å²) in [5.74, 6) is 0.203. The SMILES string of the molecule is CC(=O)CCNC(C)(C)c1cccc(Cl)c1. The molecule has 0 saturated heterocycles. The zero-order valence-corrected chi connectivity index (χ0v) is 10.8. The van der Waals surface area contributed by atoms with Gasteiger partial charge in [-0.15, -0.1) is 0 Å². The highest BCUT2D eigenvalue weighted by atomic mass is 35.5. The second-order valence-electron chi connectivity index (χ2n) is 4.51. The highest BCUT2D eigenvalue weighted by Gasteiger charge is 2.19. The largest absolute Gasteiger partial charge is 0.307 e. The van der Waals surface area contributed by atoms with Crippen LogP contribution in [0.4, 0.5) is 0 Å². The Morgan fingerprint density at radius 3 is 2.69 bits per heavy atom. The van der Waals surface area contributed by atoms with Crippen LogP contribution in [0.2, 0.25) is 5.02 Å². The lowest BCUT2D eigenvalue weighted by molar-refractivity contribution is -0.116. The lowest BCUT2D eigenvalue weighted by Gasteiger charge is -2.27. The molecule has 3 heteroatoms. The molecule has 0 heterocycles. The molecule has 0 aromatic heterocycles. The molecule has 0 amide bonds. The van der Waals surface area contributed by atoms with Crippen molar-refractivity contribution in [2.75, 3.05) is 6.54 Å². The molecular weight excluding hydrogens is 222 g/mol. The molecule has 2 nitrogen and oxygen atoms in total. The second-order valence-corrected chi connectivity index (χ2v) is 4.95. The molecule has 16 heavy (non-hydrogen) atoms. The standard InChI is InChI=1S/C13H18ClNO/c1-10(16)7-8-15-13(2,3)11-5-4-6-12(14)9-11/h4-6,9,15H,7-8H2,1-3H3. The van der Waals surface area contributed by atoms with Crippen LogP contribution in [-0.4, -0.2) is 12.3 Å². The van der Waals surface area contributed by atoms with Gasteiger partial charge in [-0.05, 0) is 38.5 Å². The minimum Gasteiger partial charge on any atom is -0.307 e. The monoisotopic (exact) mass is 239 g/mol. The van der Waals surface area contributed by atoms with Crippen molar-refractivity contribution in [1.82, 2.24) is 5.32 Å². The molecule has 0 atom stereocenters. The van der Waals surface area contributed by atoms with Crippen LogP contribution in [0.3, 0.4) is 0 Å². The van der Waals surface area contributed by atoms with E-state index in [-0.39, 0.29) is 11.3 Å². The maximum absolute atomic E-state index is 10.9. The summed E-state index contributed by atoms with van der Waals surface area (Å²) >= 11 is 5.95. The van der Waals surface area contributed by atoms with Crippen molar-refractivity contribution in [1.29, 1.82) is 0 Å². The Labute approximate surface area is 102 Å². The van der Waals surface area contributed by atoms with E-state index in [1.165, 1.54) is 0 Å². The lowest BCUT2D eigenvalue weighted by atomic mass is 9.94. The number of benzene rings is 1. The maximum atomic E-state index is 10.9.